The molecule has 86 valence electrons. The summed E-state index contributed by atoms with van der Waals surface area (Å²) in [5, 5.41) is 27.5. The van der Waals surface area contributed by atoms with E-state index in [1.54, 1.807) is 12.1 Å². The first-order valence-corrected chi connectivity index (χ1v) is 5.95. The van der Waals surface area contributed by atoms with Gasteiger partial charge in [-0.1, -0.05) is 30.3 Å². The van der Waals surface area contributed by atoms with Crippen LogP contribution >= 0.6 is 11.3 Å². The number of hydrogen-bond donors (Lipinski definition) is 2. The predicted octanol–water partition coefficient (Wildman–Crippen LogP) is 2.33. The van der Waals surface area contributed by atoms with Crippen molar-refractivity contribution >= 4 is 11.3 Å². The van der Waals surface area contributed by atoms with E-state index in [1.165, 1.54) is 11.3 Å². The molecule has 0 bridgehead atoms. The molecule has 1 aromatic carbocycles. The number of nitrogens with zero attached hydrogens (tertiary/aromatic N) is 1. The summed E-state index contributed by atoms with van der Waals surface area (Å²) in [4.78, 5) is 1.60. The van der Waals surface area contributed by atoms with Gasteiger partial charge in [0.1, 0.15) is 6.10 Å². The maximum atomic E-state index is 9.69. The molecule has 2 N–H and O–H groups in total. The predicted molar refractivity (Wildman–Crippen MR) is 66.3 cm³/mol. The van der Waals surface area contributed by atoms with E-state index >= 15 is 0 Å². The lowest BCUT2D eigenvalue weighted by Crippen LogP contribution is -2.14. The minimum absolute atomic E-state index is 0.595. The topological polar surface area (TPSA) is 64.2 Å². The van der Waals surface area contributed by atoms with E-state index in [0.29, 0.717) is 4.88 Å². The number of thiophene rings is 1. The van der Waals surface area contributed by atoms with Crippen LogP contribution in [0.5, 0.6) is 0 Å². The molecular formula is C13H11NO2S. The number of benzene rings is 1. The summed E-state index contributed by atoms with van der Waals surface area (Å²) in [6, 6.07) is 15.0. The van der Waals surface area contributed by atoms with Crippen molar-refractivity contribution in [2.24, 2.45) is 0 Å². The molecule has 2 aromatic rings. The minimum atomic E-state index is -1.38. The highest BCUT2D eigenvalue weighted by Gasteiger charge is 2.19. The van der Waals surface area contributed by atoms with Crippen molar-refractivity contribution in [1.29, 1.82) is 5.26 Å². The molecule has 2 unspecified atom stereocenters. The summed E-state index contributed by atoms with van der Waals surface area (Å²) in [5.41, 5.74) is 1.06. The van der Waals surface area contributed by atoms with Gasteiger partial charge in [0.05, 0.1) is 6.07 Å². The Bertz CT molecular complexity index is 530. The van der Waals surface area contributed by atoms with Gasteiger partial charge in [-0.05, 0) is 17.7 Å². The minimum Gasteiger partial charge on any atom is -0.384 e. The normalized spacial score (nSPS) is 13.9. The number of rotatable bonds is 3. The summed E-state index contributed by atoms with van der Waals surface area (Å²) >= 11 is 1.38. The van der Waals surface area contributed by atoms with Crippen LogP contribution in [0.1, 0.15) is 11.0 Å². The maximum Gasteiger partial charge on any atom is 0.171 e. The van der Waals surface area contributed by atoms with Gasteiger partial charge in [0.25, 0.3) is 0 Å². The Balaban J connectivity index is 2.26. The van der Waals surface area contributed by atoms with Crippen molar-refractivity contribution in [2.45, 2.75) is 12.2 Å². The lowest BCUT2D eigenvalue weighted by atomic mass is 10.1. The average molecular weight is 245 g/mol. The molecule has 0 fully saturated rings. The molecule has 2 rings (SSSR count). The van der Waals surface area contributed by atoms with Crippen molar-refractivity contribution < 1.29 is 10.2 Å². The highest BCUT2D eigenvalue weighted by Crippen LogP contribution is 2.32. The van der Waals surface area contributed by atoms with E-state index in [1.807, 2.05) is 36.4 Å². The van der Waals surface area contributed by atoms with Crippen molar-refractivity contribution in [1.82, 2.24) is 0 Å². The van der Waals surface area contributed by atoms with Crippen LogP contribution in [0, 0.1) is 11.3 Å². The number of nitriles is 1. The van der Waals surface area contributed by atoms with Gasteiger partial charge in [-0.25, -0.2) is 0 Å². The van der Waals surface area contributed by atoms with E-state index < -0.39 is 12.2 Å². The van der Waals surface area contributed by atoms with Crippen LogP contribution in [0.3, 0.4) is 0 Å². The van der Waals surface area contributed by atoms with Crippen LogP contribution in [0.4, 0.5) is 0 Å². The zero-order valence-electron chi connectivity index (χ0n) is 8.95. The molecule has 0 saturated carbocycles. The Morgan fingerprint density at radius 3 is 2.41 bits per heavy atom. The summed E-state index contributed by atoms with van der Waals surface area (Å²) in [6.45, 7) is 0. The molecule has 1 aromatic heterocycles. The second-order valence-electron chi connectivity index (χ2n) is 3.59. The average Bonchev–Trinajstić information content (AvgIpc) is 2.87. The summed E-state index contributed by atoms with van der Waals surface area (Å²) in [7, 11) is 0. The van der Waals surface area contributed by atoms with E-state index in [-0.39, 0.29) is 0 Å². The monoisotopic (exact) mass is 245 g/mol. The van der Waals surface area contributed by atoms with Gasteiger partial charge >= 0.3 is 0 Å². The lowest BCUT2D eigenvalue weighted by molar-refractivity contribution is 0.0552. The maximum absolute atomic E-state index is 9.69. The quantitative estimate of drug-likeness (QED) is 0.816. The molecule has 17 heavy (non-hydrogen) atoms. The molecule has 0 aliphatic rings. The van der Waals surface area contributed by atoms with Crippen molar-refractivity contribution in [3.8, 4) is 16.5 Å². The summed E-state index contributed by atoms with van der Waals surface area (Å²) in [6.07, 6.45) is -2.51. The first-order chi connectivity index (χ1) is 8.22. The Labute approximate surface area is 103 Å². The van der Waals surface area contributed by atoms with Gasteiger partial charge in [0, 0.05) is 9.75 Å². The van der Waals surface area contributed by atoms with Gasteiger partial charge < -0.3 is 10.2 Å². The first kappa shape index (κ1) is 11.8. The van der Waals surface area contributed by atoms with Gasteiger partial charge in [-0.3, -0.25) is 0 Å². The van der Waals surface area contributed by atoms with Gasteiger partial charge in [0.15, 0.2) is 6.10 Å². The van der Waals surface area contributed by atoms with Crippen LogP contribution in [0.25, 0.3) is 10.4 Å². The van der Waals surface area contributed by atoms with E-state index in [2.05, 4.69) is 0 Å². The fourth-order valence-corrected chi connectivity index (χ4v) is 2.53. The smallest absolute Gasteiger partial charge is 0.171 e. The Morgan fingerprint density at radius 2 is 1.76 bits per heavy atom. The molecule has 0 spiro atoms. The number of aliphatic hydroxyl groups is 2. The standard InChI is InChI=1S/C13H11NO2S/c14-8-10(15)13(16)12-7-6-11(17-12)9-4-2-1-3-5-9/h1-7,10,13,15-16H. The molecule has 2 atom stereocenters. The molecule has 1 heterocycles. The van der Waals surface area contributed by atoms with Crippen molar-refractivity contribution in [3.63, 3.8) is 0 Å². The Morgan fingerprint density at radius 1 is 1.06 bits per heavy atom. The molecule has 3 nitrogen and oxygen atoms in total. The van der Waals surface area contributed by atoms with Crippen LogP contribution in [-0.4, -0.2) is 16.3 Å². The van der Waals surface area contributed by atoms with Crippen LogP contribution in [0.15, 0.2) is 42.5 Å². The SMILES string of the molecule is N#CC(O)C(O)c1ccc(-c2ccccc2)s1. The van der Waals surface area contributed by atoms with Crippen LogP contribution < -0.4 is 0 Å². The molecule has 0 saturated heterocycles. The largest absolute Gasteiger partial charge is 0.384 e. The van der Waals surface area contributed by atoms with Crippen molar-refractivity contribution in [3.05, 3.63) is 47.3 Å². The fraction of sp³-hybridized carbons (Fsp3) is 0.154. The van der Waals surface area contributed by atoms with Gasteiger partial charge in [-0.2, -0.15) is 5.26 Å². The van der Waals surface area contributed by atoms with Crippen LogP contribution in [-0.2, 0) is 0 Å². The van der Waals surface area contributed by atoms with Crippen LogP contribution in [0.2, 0.25) is 0 Å². The highest BCUT2D eigenvalue weighted by molar-refractivity contribution is 7.15. The molecule has 0 radical (unpaired) electrons. The van der Waals surface area contributed by atoms with Gasteiger partial charge in [0.2, 0.25) is 0 Å². The zero-order chi connectivity index (χ0) is 12.3. The highest BCUT2D eigenvalue weighted by atomic mass is 32.1. The summed E-state index contributed by atoms with van der Waals surface area (Å²) in [5.74, 6) is 0. The third kappa shape index (κ3) is 2.53. The molecular weight excluding hydrogens is 234 g/mol. The Kier molecular flexibility index (Phi) is 3.55. The fourth-order valence-electron chi connectivity index (χ4n) is 1.50. The number of hydrogen-bond acceptors (Lipinski definition) is 4. The molecule has 0 amide bonds. The zero-order valence-corrected chi connectivity index (χ0v) is 9.76. The second kappa shape index (κ2) is 5.11. The molecule has 0 aliphatic carbocycles. The number of aliphatic hydroxyl groups excluding tert-OH is 2. The lowest BCUT2D eigenvalue weighted by Gasteiger charge is -2.08. The van der Waals surface area contributed by atoms with E-state index in [9.17, 15) is 10.2 Å². The third-order valence-electron chi connectivity index (χ3n) is 2.41. The molecule has 0 aliphatic heterocycles. The second-order valence-corrected chi connectivity index (χ2v) is 4.70. The van der Waals surface area contributed by atoms with Gasteiger partial charge in [-0.15, -0.1) is 11.3 Å². The third-order valence-corrected chi connectivity index (χ3v) is 3.61. The van der Waals surface area contributed by atoms with Crippen molar-refractivity contribution in [2.75, 3.05) is 0 Å². The Hall–Kier alpha value is -1.67. The van der Waals surface area contributed by atoms with E-state index in [0.717, 1.165) is 10.4 Å². The molecule has 4 heteroatoms. The van der Waals surface area contributed by atoms with E-state index in [4.69, 9.17) is 5.26 Å². The summed E-state index contributed by atoms with van der Waals surface area (Å²) < 4.78 is 0. The first-order valence-electron chi connectivity index (χ1n) is 5.13.